The second-order valence-electron chi connectivity index (χ2n) is 7.97. The molecule has 1 saturated carbocycles. The number of sulfonamides is 1. The first-order valence-corrected chi connectivity index (χ1v) is 12.2. The molecule has 5 N–H and O–H groups in total. The molecular weight excluding hydrogens is 460 g/mol. The third-order valence-corrected chi connectivity index (χ3v) is 7.16. The fourth-order valence-corrected chi connectivity index (χ4v) is 5.20. The Morgan fingerprint density at radius 3 is 2.50 bits per heavy atom. The molecule has 0 bridgehead atoms. The number of rotatable bonds is 7. The molecule has 4 rings (SSSR count). The fraction of sp³-hybridized carbons (Fsp3) is 0.318. The molecule has 11 nitrogen and oxygen atoms in total. The van der Waals surface area contributed by atoms with Gasteiger partial charge < -0.3 is 20.7 Å². The smallest absolute Gasteiger partial charge is 0.245 e. The van der Waals surface area contributed by atoms with Crippen LogP contribution in [-0.2, 0) is 10.0 Å². The highest BCUT2D eigenvalue weighted by molar-refractivity contribution is 7.89. The molecule has 1 aliphatic carbocycles. The molecule has 0 aliphatic heterocycles. The lowest BCUT2D eigenvalue weighted by Crippen LogP contribution is -2.38. The SMILES string of the molecule is COc1ccc(S(=O)(=O)NC2CCC(O)CC2)c(/N=N/c2c(N)nn(-c3ccccc3)c2O)c1. The van der Waals surface area contributed by atoms with E-state index in [1.165, 1.54) is 30.0 Å². The van der Waals surface area contributed by atoms with Gasteiger partial charge in [-0.15, -0.1) is 15.3 Å². The van der Waals surface area contributed by atoms with Crippen molar-refractivity contribution < 1.29 is 23.4 Å². The molecule has 1 aliphatic rings. The first-order valence-electron chi connectivity index (χ1n) is 10.7. The minimum absolute atomic E-state index is 0.00829. The summed E-state index contributed by atoms with van der Waals surface area (Å²) < 4.78 is 35.4. The number of benzene rings is 2. The summed E-state index contributed by atoms with van der Waals surface area (Å²) in [6.07, 6.45) is 1.74. The molecule has 0 saturated heterocycles. The number of aliphatic hydroxyl groups is 1. The van der Waals surface area contributed by atoms with Gasteiger partial charge in [-0.2, -0.15) is 4.68 Å². The molecule has 1 heterocycles. The third kappa shape index (κ3) is 5.03. The van der Waals surface area contributed by atoms with E-state index >= 15 is 0 Å². The van der Waals surface area contributed by atoms with E-state index in [2.05, 4.69) is 20.0 Å². The van der Waals surface area contributed by atoms with Crippen LogP contribution < -0.4 is 15.2 Å². The lowest BCUT2D eigenvalue weighted by Gasteiger charge is -2.26. The zero-order valence-electron chi connectivity index (χ0n) is 18.5. The second-order valence-corrected chi connectivity index (χ2v) is 9.65. The second kappa shape index (κ2) is 9.79. The van der Waals surface area contributed by atoms with Crippen LogP contribution in [-0.4, -0.2) is 47.7 Å². The van der Waals surface area contributed by atoms with E-state index in [1.54, 1.807) is 24.3 Å². The number of nitrogens with one attached hydrogen (secondary N) is 1. The van der Waals surface area contributed by atoms with Gasteiger partial charge in [0.05, 0.1) is 18.9 Å². The maximum Gasteiger partial charge on any atom is 0.245 e. The number of aromatic nitrogens is 2. The van der Waals surface area contributed by atoms with Crippen molar-refractivity contribution >= 4 is 27.2 Å². The van der Waals surface area contributed by atoms with Crippen molar-refractivity contribution in [3.8, 4) is 17.3 Å². The highest BCUT2D eigenvalue weighted by Gasteiger charge is 2.27. The fourth-order valence-electron chi connectivity index (χ4n) is 3.77. The minimum Gasteiger partial charge on any atom is -0.497 e. The molecule has 0 atom stereocenters. The number of ether oxygens (including phenoxy) is 1. The van der Waals surface area contributed by atoms with Crippen LogP contribution in [0.1, 0.15) is 25.7 Å². The van der Waals surface area contributed by atoms with Crippen LogP contribution in [0.5, 0.6) is 11.6 Å². The quantitative estimate of drug-likeness (QED) is 0.372. The van der Waals surface area contributed by atoms with Crippen molar-refractivity contribution in [3.05, 3.63) is 48.5 Å². The first-order chi connectivity index (χ1) is 16.3. The van der Waals surface area contributed by atoms with Crippen molar-refractivity contribution in [2.75, 3.05) is 12.8 Å². The van der Waals surface area contributed by atoms with Crippen molar-refractivity contribution in [2.24, 2.45) is 10.2 Å². The van der Waals surface area contributed by atoms with Gasteiger partial charge in [0.1, 0.15) is 16.3 Å². The van der Waals surface area contributed by atoms with Gasteiger partial charge in [0.25, 0.3) is 0 Å². The standard InChI is InChI=1S/C22H26N6O5S/c1-33-17-11-12-19(34(31,32)27-14-7-9-16(29)10-8-14)18(13-17)24-25-20-21(23)26-28(22(20)30)15-5-3-2-4-6-15/h2-6,11-14,16,27,29-30H,7-10H2,1H3,(H2,23,26)/b25-24+. The number of hydrogen-bond donors (Lipinski definition) is 4. The number of nitrogens with two attached hydrogens (primary N) is 1. The molecule has 0 radical (unpaired) electrons. The maximum absolute atomic E-state index is 13.1. The molecule has 180 valence electrons. The van der Waals surface area contributed by atoms with Crippen LogP contribution >= 0.6 is 0 Å². The van der Waals surface area contributed by atoms with E-state index in [1.807, 2.05) is 6.07 Å². The Balaban J connectivity index is 1.67. The van der Waals surface area contributed by atoms with Gasteiger partial charge in [0.2, 0.25) is 15.9 Å². The number of aliphatic hydroxyl groups excluding tert-OH is 1. The maximum atomic E-state index is 13.1. The highest BCUT2D eigenvalue weighted by Crippen LogP contribution is 2.37. The predicted molar refractivity (Wildman–Crippen MR) is 125 cm³/mol. The summed E-state index contributed by atoms with van der Waals surface area (Å²) in [6, 6.07) is 12.9. The Bertz CT molecular complexity index is 1280. The molecule has 1 aromatic heterocycles. The number of para-hydroxylation sites is 1. The van der Waals surface area contributed by atoms with Gasteiger partial charge in [0, 0.05) is 12.1 Å². The molecule has 1 fully saturated rings. The summed E-state index contributed by atoms with van der Waals surface area (Å²) >= 11 is 0. The number of nitrogen functional groups attached to an aromatic ring is 1. The highest BCUT2D eigenvalue weighted by atomic mass is 32.2. The number of anilines is 1. The van der Waals surface area contributed by atoms with Crippen LogP contribution in [0.2, 0.25) is 0 Å². The van der Waals surface area contributed by atoms with Gasteiger partial charge in [-0.1, -0.05) is 18.2 Å². The summed E-state index contributed by atoms with van der Waals surface area (Å²) in [6.45, 7) is 0. The molecule has 0 spiro atoms. The van der Waals surface area contributed by atoms with Crippen molar-refractivity contribution in [3.63, 3.8) is 0 Å². The van der Waals surface area contributed by atoms with E-state index in [0.717, 1.165) is 0 Å². The van der Waals surface area contributed by atoms with E-state index in [-0.39, 0.29) is 34.0 Å². The number of azo groups is 1. The first kappa shape index (κ1) is 23.7. The van der Waals surface area contributed by atoms with Gasteiger partial charge in [-0.25, -0.2) is 13.1 Å². The lowest BCUT2D eigenvalue weighted by atomic mass is 9.94. The van der Waals surface area contributed by atoms with E-state index in [0.29, 0.717) is 37.1 Å². The molecule has 3 aromatic rings. The van der Waals surface area contributed by atoms with Crippen LogP contribution in [0.25, 0.3) is 5.69 Å². The van der Waals surface area contributed by atoms with Crippen LogP contribution in [0.4, 0.5) is 17.2 Å². The van der Waals surface area contributed by atoms with Gasteiger partial charge >= 0.3 is 0 Å². The summed E-state index contributed by atoms with van der Waals surface area (Å²) in [5, 5.41) is 32.5. The predicted octanol–water partition coefficient (Wildman–Crippen LogP) is 3.17. The molecule has 0 amide bonds. The van der Waals surface area contributed by atoms with Gasteiger partial charge in [-0.05, 0) is 49.9 Å². The molecule has 0 unspecified atom stereocenters. The number of aromatic hydroxyl groups is 1. The largest absolute Gasteiger partial charge is 0.497 e. The van der Waals surface area contributed by atoms with Crippen molar-refractivity contribution in [2.45, 2.75) is 42.7 Å². The summed E-state index contributed by atoms with van der Waals surface area (Å²) in [4.78, 5) is -0.100. The lowest BCUT2D eigenvalue weighted by molar-refractivity contribution is 0.120. The molecule has 2 aromatic carbocycles. The zero-order valence-corrected chi connectivity index (χ0v) is 19.3. The normalized spacial score (nSPS) is 18.9. The van der Waals surface area contributed by atoms with Crippen LogP contribution in [0.3, 0.4) is 0 Å². The molecular formula is C22H26N6O5S. The Morgan fingerprint density at radius 2 is 1.82 bits per heavy atom. The number of hydrogen-bond acceptors (Lipinski definition) is 9. The Hall–Kier alpha value is -3.48. The average molecular weight is 487 g/mol. The van der Waals surface area contributed by atoms with Crippen LogP contribution in [0, 0.1) is 0 Å². The summed E-state index contributed by atoms with van der Waals surface area (Å²) in [5.41, 5.74) is 6.42. The van der Waals surface area contributed by atoms with E-state index in [4.69, 9.17) is 10.5 Å². The van der Waals surface area contributed by atoms with Gasteiger partial charge in [0.15, 0.2) is 11.5 Å². The molecule has 12 heteroatoms. The van der Waals surface area contributed by atoms with E-state index < -0.39 is 16.1 Å². The van der Waals surface area contributed by atoms with Crippen LogP contribution in [0.15, 0.2) is 63.7 Å². The summed E-state index contributed by atoms with van der Waals surface area (Å²) in [5.74, 6) is -0.0270. The zero-order chi connectivity index (χ0) is 24.3. The topological polar surface area (TPSA) is 164 Å². The third-order valence-electron chi connectivity index (χ3n) is 5.60. The number of methoxy groups -OCH3 is 1. The Labute approximate surface area is 197 Å². The molecule has 34 heavy (non-hydrogen) atoms. The van der Waals surface area contributed by atoms with Gasteiger partial charge in [-0.3, -0.25) is 0 Å². The van der Waals surface area contributed by atoms with Crippen molar-refractivity contribution in [1.29, 1.82) is 0 Å². The van der Waals surface area contributed by atoms with E-state index in [9.17, 15) is 18.6 Å². The monoisotopic (exact) mass is 486 g/mol. The Morgan fingerprint density at radius 1 is 1.12 bits per heavy atom. The Kier molecular flexibility index (Phi) is 6.82. The van der Waals surface area contributed by atoms with Crippen molar-refractivity contribution in [1.82, 2.24) is 14.5 Å². The number of nitrogens with zero attached hydrogens (tertiary/aromatic N) is 4. The minimum atomic E-state index is -3.95. The summed E-state index contributed by atoms with van der Waals surface area (Å²) in [7, 11) is -2.50. The average Bonchev–Trinajstić information content (AvgIpc) is 3.12.